The highest BCUT2D eigenvalue weighted by Gasteiger charge is 2.30. The summed E-state index contributed by atoms with van der Waals surface area (Å²) in [5.41, 5.74) is 5.50. The molecule has 0 aromatic heterocycles. The number of benzene rings is 2. The van der Waals surface area contributed by atoms with E-state index in [1.54, 1.807) is 0 Å². The van der Waals surface area contributed by atoms with Gasteiger partial charge in [0.05, 0.1) is 6.17 Å². The minimum absolute atomic E-state index is 0.0490. The van der Waals surface area contributed by atoms with Gasteiger partial charge in [0.15, 0.2) is 0 Å². The van der Waals surface area contributed by atoms with Crippen LogP contribution in [0.25, 0.3) is 0 Å². The zero-order valence-corrected chi connectivity index (χ0v) is 14.5. The summed E-state index contributed by atoms with van der Waals surface area (Å²) in [5, 5.41) is 7.08. The van der Waals surface area contributed by atoms with Gasteiger partial charge in [-0.2, -0.15) is 0 Å². The van der Waals surface area contributed by atoms with E-state index >= 15 is 0 Å². The van der Waals surface area contributed by atoms with E-state index in [0.717, 1.165) is 25.9 Å². The standard InChI is InChI=1S/C21H28N2/c1-16-4-8-18(9-5-16)21(3,13-12-20-22-14-15-23-20)19-10-6-17(2)7-11-19/h4-11,20,22-23H,12-15H2,1-3H3. The summed E-state index contributed by atoms with van der Waals surface area (Å²) < 4.78 is 0. The SMILES string of the molecule is Cc1ccc(C(C)(CCC2NCCN2)c2ccc(C)cc2)cc1. The summed E-state index contributed by atoms with van der Waals surface area (Å²) in [5.74, 6) is 0. The van der Waals surface area contributed by atoms with E-state index in [4.69, 9.17) is 0 Å². The number of aryl methyl sites for hydroxylation is 2. The molecule has 1 aliphatic heterocycles. The van der Waals surface area contributed by atoms with Crippen LogP contribution in [0.2, 0.25) is 0 Å². The van der Waals surface area contributed by atoms with Crippen LogP contribution in [0.3, 0.4) is 0 Å². The zero-order valence-electron chi connectivity index (χ0n) is 14.5. The molecular formula is C21H28N2. The predicted molar refractivity (Wildman–Crippen MR) is 97.8 cm³/mol. The van der Waals surface area contributed by atoms with Crippen molar-refractivity contribution >= 4 is 0 Å². The Morgan fingerprint density at radius 1 is 0.826 bits per heavy atom. The number of nitrogens with one attached hydrogen (secondary N) is 2. The van der Waals surface area contributed by atoms with Gasteiger partial charge in [-0.1, -0.05) is 66.6 Å². The van der Waals surface area contributed by atoms with Gasteiger partial charge >= 0.3 is 0 Å². The molecule has 23 heavy (non-hydrogen) atoms. The molecule has 2 aromatic carbocycles. The number of hydrogen-bond donors (Lipinski definition) is 2. The van der Waals surface area contributed by atoms with Gasteiger partial charge in [-0.05, 0) is 37.8 Å². The largest absolute Gasteiger partial charge is 0.301 e. The van der Waals surface area contributed by atoms with Crippen LogP contribution in [0.15, 0.2) is 48.5 Å². The molecule has 3 rings (SSSR count). The summed E-state index contributed by atoms with van der Waals surface area (Å²) in [6.07, 6.45) is 2.72. The van der Waals surface area contributed by atoms with E-state index in [2.05, 4.69) is 79.9 Å². The smallest absolute Gasteiger partial charge is 0.0572 e. The third-order valence-electron chi connectivity index (χ3n) is 5.22. The minimum atomic E-state index is 0.0490. The molecule has 0 amide bonds. The van der Waals surface area contributed by atoms with Crippen LogP contribution in [0.4, 0.5) is 0 Å². The molecule has 0 aliphatic carbocycles. The maximum absolute atomic E-state index is 3.54. The Morgan fingerprint density at radius 2 is 1.26 bits per heavy atom. The lowest BCUT2D eigenvalue weighted by atomic mass is 9.72. The van der Waals surface area contributed by atoms with Crippen LogP contribution >= 0.6 is 0 Å². The van der Waals surface area contributed by atoms with Crippen molar-refractivity contribution in [3.8, 4) is 0 Å². The Labute approximate surface area is 140 Å². The zero-order chi connectivity index (χ0) is 16.3. The molecule has 1 saturated heterocycles. The second-order valence-electron chi connectivity index (χ2n) is 7.06. The lowest BCUT2D eigenvalue weighted by Crippen LogP contribution is -2.34. The second-order valence-corrected chi connectivity index (χ2v) is 7.06. The van der Waals surface area contributed by atoms with Gasteiger partial charge in [-0.25, -0.2) is 0 Å². The van der Waals surface area contributed by atoms with Crippen molar-refractivity contribution in [2.45, 2.75) is 45.2 Å². The van der Waals surface area contributed by atoms with E-state index in [-0.39, 0.29) is 5.41 Å². The van der Waals surface area contributed by atoms with Crippen LogP contribution in [-0.4, -0.2) is 19.3 Å². The Bertz CT molecular complexity index is 576. The van der Waals surface area contributed by atoms with Crippen molar-refractivity contribution in [1.29, 1.82) is 0 Å². The van der Waals surface area contributed by atoms with E-state index in [9.17, 15) is 0 Å². The fraction of sp³-hybridized carbons (Fsp3) is 0.429. The summed E-state index contributed by atoms with van der Waals surface area (Å²) >= 11 is 0. The van der Waals surface area contributed by atoms with Gasteiger partial charge in [-0.3, -0.25) is 0 Å². The molecule has 1 heterocycles. The van der Waals surface area contributed by atoms with Gasteiger partial charge < -0.3 is 10.6 Å². The van der Waals surface area contributed by atoms with Gasteiger partial charge in [0.25, 0.3) is 0 Å². The maximum Gasteiger partial charge on any atom is 0.0572 e. The fourth-order valence-electron chi connectivity index (χ4n) is 3.50. The van der Waals surface area contributed by atoms with E-state index in [1.807, 2.05) is 0 Å². The van der Waals surface area contributed by atoms with Crippen LogP contribution < -0.4 is 10.6 Å². The molecule has 0 radical (unpaired) electrons. The number of hydrogen-bond acceptors (Lipinski definition) is 2. The van der Waals surface area contributed by atoms with Crippen molar-refractivity contribution < 1.29 is 0 Å². The monoisotopic (exact) mass is 308 g/mol. The lowest BCUT2D eigenvalue weighted by molar-refractivity contribution is 0.419. The highest BCUT2D eigenvalue weighted by molar-refractivity contribution is 5.40. The molecule has 2 N–H and O–H groups in total. The molecule has 0 spiro atoms. The lowest BCUT2D eigenvalue weighted by Gasteiger charge is -2.32. The van der Waals surface area contributed by atoms with Crippen LogP contribution in [-0.2, 0) is 5.41 Å². The Kier molecular flexibility index (Phi) is 4.84. The fourth-order valence-corrected chi connectivity index (χ4v) is 3.50. The van der Waals surface area contributed by atoms with Crippen LogP contribution in [0.5, 0.6) is 0 Å². The first kappa shape index (κ1) is 16.2. The Balaban J connectivity index is 1.90. The summed E-state index contributed by atoms with van der Waals surface area (Å²) in [4.78, 5) is 0. The molecule has 1 fully saturated rings. The summed E-state index contributed by atoms with van der Waals surface area (Å²) in [7, 11) is 0. The molecule has 0 saturated carbocycles. The number of rotatable bonds is 5. The topological polar surface area (TPSA) is 24.1 Å². The Hall–Kier alpha value is -1.64. The third kappa shape index (κ3) is 3.65. The molecule has 2 heteroatoms. The molecule has 0 atom stereocenters. The molecule has 2 nitrogen and oxygen atoms in total. The first-order valence-electron chi connectivity index (χ1n) is 8.69. The van der Waals surface area contributed by atoms with Crippen molar-refractivity contribution in [3.05, 3.63) is 70.8 Å². The van der Waals surface area contributed by atoms with Gasteiger partial charge in [0.1, 0.15) is 0 Å². The van der Waals surface area contributed by atoms with Crippen molar-refractivity contribution in [2.75, 3.05) is 13.1 Å². The Morgan fingerprint density at radius 3 is 1.70 bits per heavy atom. The normalized spacial score (nSPS) is 16.0. The van der Waals surface area contributed by atoms with E-state index in [1.165, 1.54) is 22.3 Å². The van der Waals surface area contributed by atoms with Crippen LogP contribution in [0, 0.1) is 13.8 Å². The van der Waals surface area contributed by atoms with Crippen molar-refractivity contribution in [1.82, 2.24) is 10.6 Å². The molecule has 1 aliphatic rings. The third-order valence-corrected chi connectivity index (χ3v) is 5.22. The van der Waals surface area contributed by atoms with Gasteiger partial charge in [0, 0.05) is 18.5 Å². The second kappa shape index (κ2) is 6.86. The minimum Gasteiger partial charge on any atom is -0.301 e. The molecule has 0 bridgehead atoms. The average Bonchev–Trinajstić information content (AvgIpc) is 3.07. The van der Waals surface area contributed by atoms with Crippen molar-refractivity contribution in [2.24, 2.45) is 0 Å². The predicted octanol–water partition coefficient (Wildman–Crippen LogP) is 3.91. The van der Waals surface area contributed by atoms with Crippen LogP contribution in [0.1, 0.15) is 42.0 Å². The molecule has 122 valence electrons. The first-order valence-corrected chi connectivity index (χ1v) is 8.69. The van der Waals surface area contributed by atoms with Gasteiger partial charge in [-0.15, -0.1) is 0 Å². The molecule has 0 unspecified atom stereocenters. The first-order chi connectivity index (χ1) is 11.1. The van der Waals surface area contributed by atoms with E-state index < -0.39 is 0 Å². The highest BCUT2D eigenvalue weighted by Crippen LogP contribution is 2.37. The van der Waals surface area contributed by atoms with Gasteiger partial charge in [0.2, 0.25) is 0 Å². The highest BCUT2D eigenvalue weighted by atomic mass is 15.2. The van der Waals surface area contributed by atoms with E-state index in [0.29, 0.717) is 6.17 Å². The van der Waals surface area contributed by atoms with Crippen molar-refractivity contribution in [3.63, 3.8) is 0 Å². The molecular weight excluding hydrogens is 280 g/mol. The summed E-state index contributed by atoms with van der Waals surface area (Å²) in [6.45, 7) is 8.85. The quantitative estimate of drug-likeness (QED) is 0.875. The maximum atomic E-state index is 3.54. The molecule has 2 aromatic rings. The summed E-state index contributed by atoms with van der Waals surface area (Å²) in [6, 6.07) is 18.1. The average molecular weight is 308 g/mol.